The number of halogens is 1. The highest BCUT2D eigenvalue weighted by Crippen LogP contribution is 2.48. The van der Waals surface area contributed by atoms with E-state index in [1.165, 1.54) is 31.9 Å². The number of rotatable bonds is 22. The molecule has 22 heteroatoms. The second kappa shape index (κ2) is 22.1. The molecule has 3 aromatic heterocycles. The number of amides is 1. The molecule has 8 rings (SSSR count). The van der Waals surface area contributed by atoms with Crippen LogP contribution in [0.5, 0.6) is 0 Å². The smallest absolute Gasteiger partial charge is 0.270 e. The van der Waals surface area contributed by atoms with E-state index >= 15 is 4.39 Å². The van der Waals surface area contributed by atoms with Crippen LogP contribution >= 0.6 is 19.2 Å². The van der Waals surface area contributed by atoms with E-state index in [0.717, 1.165) is 44.9 Å². The fourth-order valence-electron chi connectivity index (χ4n) is 7.78. The zero-order chi connectivity index (χ0) is 46.0. The van der Waals surface area contributed by atoms with Gasteiger partial charge >= 0.3 is 0 Å². The Morgan fingerprint density at radius 1 is 0.939 bits per heavy atom. The lowest BCUT2D eigenvalue weighted by atomic mass is 9.95. The Labute approximate surface area is 386 Å². The standard InChI is InChI=1S/C44H52BFN9O9PS/c1-3-36(56)53-22-31-8-4-5-9-32(31)40-38(33-10-6-7-11-34(33)53)51-52-55(40)16-17-59-18-19-60-20-21-61-23-29-12-14-30(15-13-29)25-66-28-62-24-35-41(64-65(45,57)58-2)37(46)44(63-35)54-27-50-39-42(47)48-26-49-43(39)54/h4-15,26-27,35,37,41,44H,3,16-25,28,45H2,1-2H3,(H2,47,48,49)/t35-,37-,41-,44-,65?/m1/s1. The number of aromatic nitrogens is 7. The molecule has 5 atom stereocenters. The van der Waals surface area contributed by atoms with Gasteiger partial charge in [0.25, 0.3) is 15.0 Å². The number of carbonyl (C=O) groups excluding carboxylic acids is 1. The summed E-state index contributed by atoms with van der Waals surface area (Å²) in [5.41, 5.74) is 14.0. The number of thioether (sulfide) groups is 1. The summed E-state index contributed by atoms with van der Waals surface area (Å²) in [4.78, 5) is 27.2. The van der Waals surface area contributed by atoms with E-state index in [0.29, 0.717) is 82.0 Å². The van der Waals surface area contributed by atoms with Gasteiger partial charge < -0.3 is 43.4 Å². The summed E-state index contributed by atoms with van der Waals surface area (Å²) in [6, 6.07) is 24.1. The summed E-state index contributed by atoms with van der Waals surface area (Å²) in [5, 5.41) is 9.13. The van der Waals surface area contributed by atoms with E-state index < -0.39 is 32.1 Å². The van der Waals surface area contributed by atoms with Crippen LogP contribution in [0.2, 0.25) is 0 Å². The summed E-state index contributed by atoms with van der Waals surface area (Å²) in [5.74, 6) is 1.18. The molecule has 6 aromatic rings. The predicted molar refractivity (Wildman–Crippen MR) is 249 cm³/mol. The second-order valence-electron chi connectivity index (χ2n) is 15.6. The lowest BCUT2D eigenvalue weighted by Gasteiger charge is -2.28. The molecule has 1 amide bonds. The Bertz CT molecular complexity index is 2630. The summed E-state index contributed by atoms with van der Waals surface area (Å²) < 4.78 is 72.0. The van der Waals surface area contributed by atoms with E-state index in [1.54, 1.807) is 11.8 Å². The number of hydrogen-bond donors (Lipinski definition) is 1. The van der Waals surface area contributed by atoms with Crippen molar-refractivity contribution in [2.24, 2.45) is 0 Å². The number of nitrogen functional groups attached to an aromatic ring is 1. The molecule has 2 aliphatic heterocycles. The minimum atomic E-state index is -3.57. The number of alkyl halides is 1. The zero-order valence-corrected chi connectivity index (χ0v) is 38.7. The third-order valence-electron chi connectivity index (χ3n) is 11.2. The van der Waals surface area contributed by atoms with Crippen LogP contribution in [0.4, 0.5) is 15.9 Å². The van der Waals surface area contributed by atoms with E-state index in [2.05, 4.69) is 37.4 Å². The van der Waals surface area contributed by atoms with Crippen molar-refractivity contribution in [3.8, 4) is 22.5 Å². The van der Waals surface area contributed by atoms with Gasteiger partial charge in [-0.15, -0.1) is 16.9 Å². The number of ether oxygens (including phenoxy) is 5. The summed E-state index contributed by atoms with van der Waals surface area (Å²) in [7, 11) is -1.06. The second-order valence-corrected chi connectivity index (χ2v) is 18.6. The predicted octanol–water partition coefficient (Wildman–Crippen LogP) is 5.76. The third-order valence-corrected chi connectivity index (χ3v) is 13.3. The van der Waals surface area contributed by atoms with Gasteiger partial charge in [0.05, 0.1) is 83.0 Å². The number of nitrogens with two attached hydrogens (primary N) is 1. The number of para-hydroxylation sites is 1. The number of fused-ring (bicyclic) bond motifs is 6. The largest absolute Gasteiger partial charge is 0.382 e. The van der Waals surface area contributed by atoms with Gasteiger partial charge in [-0.2, -0.15) is 0 Å². The Kier molecular flexibility index (Phi) is 15.9. The number of imidazole rings is 1. The van der Waals surface area contributed by atoms with Crippen LogP contribution in [0.25, 0.3) is 33.7 Å². The molecule has 66 heavy (non-hydrogen) atoms. The Balaban J connectivity index is 0.719. The minimum Gasteiger partial charge on any atom is -0.382 e. The normalized spacial score (nSPS) is 18.9. The van der Waals surface area contributed by atoms with Crippen LogP contribution in [0.3, 0.4) is 0 Å². The molecule has 2 aliphatic rings. The fourth-order valence-corrected chi connectivity index (χ4v) is 9.28. The fraction of sp³-hybridized carbons (Fsp3) is 0.409. The molecule has 0 bridgehead atoms. The highest BCUT2D eigenvalue weighted by molar-refractivity contribution is 7.98. The van der Waals surface area contributed by atoms with E-state index in [4.69, 9.17) is 38.5 Å². The van der Waals surface area contributed by atoms with E-state index in [9.17, 15) is 9.36 Å². The van der Waals surface area contributed by atoms with Gasteiger partial charge in [-0.1, -0.05) is 78.9 Å². The third kappa shape index (κ3) is 11.0. The molecule has 3 aromatic carbocycles. The van der Waals surface area contributed by atoms with Crippen LogP contribution in [-0.4, -0.2) is 119 Å². The SMILES string of the molecule is BP(=O)(OC)O[C@H]1[C@@H](F)[C@H](n2cnc3c(N)ncnc32)O[C@@H]1COCSCc1ccc(COCCOCCOCCn2nnc3c2-c2ccccc2CN(C(=O)CC)c2ccccc2-3)cc1. The number of anilines is 2. The molecule has 5 heterocycles. The van der Waals surface area contributed by atoms with Crippen LogP contribution < -0.4 is 10.6 Å². The maximum absolute atomic E-state index is 15.9. The lowest BCUT2D eigenvalue weighted by molar-refractivity contribution is -0.118. The number of nitrogens with zero attached hydrogens (tertiary/aromatic N) is 8. The first-order valence-corrected chi connectivity index (χ1v) is 24.7. The summed E-state index contributed by atoms with van der Waals surface area (Å²) in [6.07, 6.45) is -2.01. The number of benzene rings is 3. The molecule has 0 saturated carbocycles. The molecule has 348 valence electrons. The van der Waals surface area contributed by atoms with Gasteiger partial charge in [0.15, 0.2) is 23.9 Å². The van der Waals surface area contributed by atoms with Gasteiger partial charge in [0.1, 0.15) is 29.7 Å². The van der Waals surface area contributed by atoms with E-state index in [1.807, 2.05) is 77.2 Å². The summed E-state index contributed by atoms with van der Waals surface area (Å²) >= 11 is 1.54. The maximum Gasteiger partial charge on any atom is 0.270 e. The van der Waals surface area contributed by atoms with Gasteiger partial charge in [0.2, 0.25) is 5.91 Å². The molecule has 1 fully saturated rings. The Morgan fingerprint density at radius 3 is 2.45 bits per heavy atom. The molecule has 18 nitrogen and oxygen atoms in total. The van der Waals surface area contributed by atoms with Crippen molar-refractivity contribution in [2.45, 2.75) is 63.4 Å². The monoisotopic (exact) mass is 943 g/mol. The molecule has 0 aliphatic carbocycles. The van der Waals surface area contributed by atoms with Crippen molar-refractivity contribution in [3.63, 3.8) is 0 Å². The molecule has 2 N–H and O–H groups in total. The molecule has 1 unspecified atom stereocenters. The highest BCUT2D eigenvalue weighted by atomic mass is 32.2. The first kappa shape index (κ1) is 47.4. The molecular weight excluding hydrogens is 891 g/mol. The van der Waals surface area contributed by atoms with Crippen molar-refractivity contribution in [3.05, 3.63) is 102 Å². The Morgan fingerprint density at radius 2 is 1.67 bits per heavy atom. The van der Waals surface area contributed by atoms with Crippen LogP contribution in [0.1, 0.15) is 36.3 Å². The van der Waals surface area contributed by atoms with Crippen molar-refractivity contribution < 1.29 is 46.5 Å². The van der Waals surface area contributed by atoms with Crippen LogP contribution in [0.15, 0.2) is 85.5 Å². The number of hydrogen-bond acceptors (Lipinski definition) is 16. The summed E-state index contributed by atoms with van der Waals surface area (Å²) in [6.45, 7) is 5.40. The topological polar surface area (TPSA) is 202 Å². The minimum absolute atomic E-state index is 0.0167. The van der Waals surface area contributed by atoms with Crippen molar-refractivity contribution in [1.82, 2.24) is 34.5 Å². The van der Waals surface area contributed by atoms with Crippen molar-refractivity contribution in [2.75, 3.05) is 63.3 Å². The van der Waals surface area contributed by atoms with Crippen molar-refractivity contribution >= 4 is 55.4 Å². The Hall–Kier alpha value is -5.09. The van der Waals surface area contributed by atoms with Gasteiger partial charge in [-0.3, -0.25) is 13.9 Å². The maximum atomic E-state index is 15.9. The average Bonchev–Trinajstić information content (AvgIpc) is 4.04. The van der Waals surface area contributed by atoms with Crippen molar-refractivity contribution in [1.29, 1.82) is 0 Å². The zero-order valence-electron chi connectivity index (χ0n) is 36.9. The molecular formula is C44H52BFN9O9PS. The first-order valence-electron chi connectivity index (χ1n) is 21.6. The van der Waals surface area contributed by atoms with E-state index in [-0.39, 0.29) is 18.3 Å². The molecule has 1 saturated heterocycles. The molecule has 0 spiro atoms. The lowest BCUT2D eigenvalue weighted by Crippen LogP contribution is -2.34. The average molecular weight is 944 g/mol. The first-order chi connectivity index (χ1) is 32.2. The van der Waals surface area contributed by atoms with Gasteiger partial charge in [-0.05, 0) is 22.8 Å². The quantitative estimate of drug-likeness (QED) is 0.0372. The number of carbonyl (C=O) groups is 1. The van der Waals surface area contributed by atoms with Gasteiger partial charge in [-0.25, -0.2) is 24.0 Å². The molecule has 0 radical (unpaired) electrons. The van der Waals surface area contributed by atoms with Gasteiger partial charge in [0, 0.05) is 30.4 Å². The highest BCUT2D eigenvalue weighted by Gasteiger charge is 2.49. The van der Waals surface area contributed by atoms with Crippen LogP contribution in [0, 0.1) is 0 Å². The van der Waals surface area contributed by atoms with Crippen LogP contribution in [-0.2, 0) is 67.5 Å².